The minimum Gasteiger partial charge on any atom is -0.494 e. The first-order valence-corrected chi connectivity index (χ1v) is 13.7. The molecule has 37 heavy (non-hydrogen) atoms. The van der Waals surface area contributed by atoms with Gasteiger partial charge in [0.05, 0.1) is 24.4 Å². The predicted molar refractivity (Wildman–Crippen MR) is 146 cm³/mol. The molecule has 3 aliphatic rings. The van der Waals surface area contributed by atoms with E-state index in [4.69, 9.17) is 9.47 Å². The number of pyridine rings is 1. The summed E-state index contributed by atoms with van der Waals surface area (Å²) in [5, 5.41) is 0. The fourth-order valence-corrected chi connectivity index (χ4v) is 5.89. The number of anilines is 2. The highest BCUT2D eigenvalue weighted by atomic mass is 16.5. The Kier molecular flexibility index (Phi) is 7.86. The molecule has 3 saturated heterocycles. The molecule has 3 fully saturated rings. The van der Waals surface area contributed by atoms with Crippen LogP contribution in [0.5, 0.6) is 5.75 Å². The Morgan fingerprint density at radius 1 is 1.03 bits per heavy atom. The summed E-state index contributed by atoms with van der Waals surface area (Å²) in [6.07, 6.45) is 7.15. The van der Waals surface area contributed by atoms with Crippen LogP contribution in [0.1, 0.15) is 39.0 Å². The number of rotatable bonds is 7. The zero-order valence-electron chi connectivity index (χ0n) is 22.2. The van der Waals surface area contributed by atoms with Crippen molar-refractivity contribution in [2.75, 3.05) is 62.3 Å². The third-order valence-electron chi connectivity index (χ3n) is 8.14. The number of piperidine rings is 2. The van der Waals surface area contributed by atoms with Crippen LogP contribution in [0.3, 0.4) is 0 Å². The van der Waals surface area contributed by atoms with Gasteiger partial charge in [-0.15, -0.1) is 0 Å². The van der Waals surface area contributed by atoms with Gasteiger partial charge in [0.15, 0.2) is 0 Å². The van der Waals surface area contributed by atoms with Gasteiger partial charge < -0.3 is 28.7 Å². The molecule has 1 spiro atoms. The highest BCUT2D eigenvalue weighted by Gasteiger charge is 2.42. The van der Waals surface area contributed by atoms with Crippen LogP contribution in [0.15, 0.2) is 47.4 Å². The van der Waals surface area contributed by atoms with E-state index in [1.807, 2.05) is 0 Å². The second kappa shape index (κ2) is 11.3. The zero-order chi connectivity index (χ0) is 25.8. The lowest BCUT2D eigenvalue weighted by molar-refractivity contribution is -0.141. The van der Waals surface area contributed by atoms with Crippen molar-refractivity contribution in [3.8, 4) is 5.75 Å². The van der Waals surface area contributed by atoms with Crippen LogP contribution in [0.4, 0.5) is 11.4 Å². The Morgan fingerprint density at radius 3 is 2.51 bits per heavy atom. The summed E-state index contributed by atoms with van der Waals surface area (Å²) in [6, 6.07) is 11.7. The normalized spacial score (nSPS) is 22.4. The second-order valence-electron chi connectivity index (χ2n) is 11.0. The van der Waals surface area contributed by atoms with Crippen LogP contribution in [0.2, 0.25) is 0 Å². The number of hydrogen-bond acceptors (Lipinski definition) is 6. The maximum absolute atomic E-state index is 12.6. The predicted octanol–water partition coefficient (Wildman–Crippen LogP) is 3.29. The van der Waals surface area contributed by atoms with E-state index in [1.54, 1.807) is 24.2 Å². The fraction of sp³-hybridized carbons (Fsp3) is 0.586. The molecule has 1 atom stereocenters. The van der Waals surface area contributed by atoms with Crippen molar-refractivity contribution in [1.82, 2.24) is 9.47 Å². The highest BCUT2D eigenvalue weighted by Crippen LogP contribution is 2.34. The molecule has 5 rings (SSSR count). The van der Waals surface area contributed by atoms with Gasteiger partial charge >= 0.3 is 0 Å². The molecule has 1 aromatic carbocycles. The molecule has 0 aliphatic carbocycles. The molecule has 0 unspecified atom stereocenters. The number of carbonyl (C=O) groups excluding carboxylic acids is 1. The van der Waals surface area contributed by atoms with Crippen molar-refractivity contribution < 1.29 is 14.3 Å². The molecular weight excluding hydrogens is 468 g/mol. The number of likely N-dealkylation sites (tertiary alicyclic amines) is 1. The van der Waals surface area contributed by atoms with Gasteiger partial charge in [0.1, 0.15) is 12.4 Å². The standard InChI is InChI=1S/C29H40N4O4/c1-23-5-3-14-31(19-23)15-4-18-36-26-9-6-24(7-10-26)32-16-12-29(13-17-32)22-33(28(35)21-37-29)25-8-11-27(34)30(2)20-25/h6-11,20,23H,3-5,12-19,21-22H2,1-2H3/t23-/m0/s1. The van der Waals surface area contributed by atoms with Crippen molar-refractivity contribution in [1.29, 1.82) is 0 Å². The van der Waals surface area contributed by atoms with E-state index in [2.05, 4.69) is 41.0 Å². The van der Waals surface area contributed by atoms with Crippen LogP contribution in [0.25, 0.3) is 0 Å². The van der Waals surface area contributed by atoms with Gasteiger partial charge in [0.25, 0.3) is 5.91 Å². The lowest BCUT2D eigenvalue weighted by Crippen LogP contribution is -2.59. The lowest BCUT2D eigenvalue weighted by Gasteiger charge is -2.47. The smallest absolute Gasteiger partial charge is 0.253 e. The minimum atomic E-state index is -0.353. The molecule has 4 heterocycles. The first-order chi connectivity index (χ1) is 17.9. The number of nitrogens with zero attached hydrogens (tertiary/aromatic N) is 4. The van der Waals surface area contributed by atoms with E-state index in [9.17, 15) is 9.59 Å². The number of ether oxygens (including phenoxy) is 2. The molecule has 8 heteroatoms. The molecule has 3 aliphatic heterocycles. The summed E-state index contributed by atoms with van der Waals surface area (Å²) < 4.78 is 13.6. The van der Waals surface area contributed by atoms with Gasteiger partial charge in [-0.05, 0) is 74.9 Å². The van der Waals surface area contributed by atoms with Crippen molar-refractivity contribution >= 4 is 17.3 Å². The largest absolute Gasteiger partial charge is 0.494 e. The zero-order valence-corrected chi connectivity index (χ0v) is 22.2. The maximum Gasteiger partial charge on any atom is 0.253 e. The average Bonchev–Trinajstić information content (AvgIpc) is 2.91. The third kappa shape index (κ3) is 6.18. The maximum atomic E-state index is 12.6. The van der Waals surface area contributed by atoms with Gasteiger partial charge in [-0.2, -0.15) is 0 Å². The number of hydrogen-bond donors (Lipinski definition) is 0. The molecule has 2 aromatic rings. The van der Waals surface area contributed by atoms with E-state index in [0.29, 0.717) is 6.54 Å². The second-order valence-corrected chi connectivity index (χ2v) is 11.0. The van der Waals surface area contributed by atoms with Gasteiger partial charge in [0.2, 0.25) is 5.56 Å². The van der Waals surface area contributed by atoms with E-state index >= 15 is 0 Å². The molecule has 8 nitrogen and oxygen atoms in total. The van der Waals surface area contributed by atoms with Crippen LogP contribution in [-0.4, -0.2) is 73.5 Å². The molecule has 0 radical (unpaired) electrons. The van der Waals surface area contributed by atoms with E-state index < -0.39 is 0 Å². The van der Waals surface area contributed by atoms with Crippen molar-refractivity contribution in [3.05, 3.63) is 52.9 Å². The van der Waals surface area contributed by atoms with Gasteiger partial charge in [-0.3, -0.25) is 9.59 Å². The summed E-state index contributed by atoms with van der Waals surface area (Å²) >= 11 is 0. The Morgan fingerprint density at radius 2 is 1.78 bits per heavy atom. The molecule has 0 N–H and O–H groups in total. The minimum absolute atomic E-state index is 0.0622. The van der Waals surface area contributed by atoms with Crippen LogP contribution >= 0.6 is 0 Å². The summed E-state index contributed by atoms with van der Waals surface area (Å²) in [6.45, 7) is 8.98. The Bertz CT molecular complexity index is 1120. The van der Waals surface area contributed by atoms with E-state index in [1.165, 1.54) is 42.3 Å². The van der Waals surface area contributed by atoms with Gasteiger partial charge in [-0.25, -0.2) is 0 Å². The molecular formula is C29H40N4O4. The van der Waals surface area contributed by atoms with Crippen molar-refractivity contribution in [2.45, 2.75) is 44.6 Å². The first-order valence-electron chi connectivity index (χ1n) is 13.7. The van der Waals surface area contributed by atoms with Crippen LogP contribution in [-0.2, 0) is 16.6 Å². The lowest BCUT2D eigenvalue weighted by atomic mass is 9.88. The Balaban J connectivity index is 1.10. The molecule has 200 valence electrons. The van der Waals surface area contributed by atoms with Gasteiger partial charge in [-0.1, -0.05) is 6.92 Å². The average molecular weight is 509 g/mol. The van der Waals surface area contributed by atoms with E-state index in [-0.39, 0.29) is 23.7 Å². The molecule has 1 amide bonds. The first kappa shape index (κ1) is 25.8. The van der Waals surface area contributed by atoms with Crippen molar-refractivity contribution in [2.24, 2.45) is 13.0 Å². The topological polar surface area (TPSA) is 67.2 Å². The summed E-state index contributed by atoms with van der Waals surface area (Å²) in [5.41, 5.74) is 1.49. The highest BCUT2D eigenvalue weighted by molar-refractivity contribution is 5.95. The number of aromatic nitrogens is 1. The van der Waals surface area contributed by atoms with Gasteiger partial charge in [0, 0.05) is 51.2 Å². The SMILES string of the molecule is C[C@H]1CCCN(CCCOc2ccc(N3CCC4(CC3)CN(c3ccc(=O)n(C)c3)C(=O)CO4)cc2)C1. The van der Waals surface area contributed by atoms with Crippen molar-refractivity contribution in [3.63, 3.8) is 0 Å². The molecule has 0 bridgehead atoms. The quantitative estimate of drug-likeness (QED) is 0.535. The van der Waals surface area contributed by atoms with Crippen LogP contribution in [0, 0.1) is 5.92 Å². The summed E-state index contributed by atoms with van der Waals surface area (Å²) in [7, 11) is 1.71. The third-order valence-corrected chi connectivity index (χ3v) is 8.14. The monoisotopic (exact) mass is 508 g/mol. The number of carbonyl (C=O) groups is 1. The number of benzene rings is 1. The Labute approximate surface area is 219 Å². The molecule has 1 aromatic heterocycles. The van der Waals surface area contributed by atoms with E-state index in [0.717, 1.165) is 62.9 Å². The fourth-order valence-electron chi connectivity index (χ4n) is 5.89. The summed E-state index contributed by atoms with van der Waals surface area (Å²) in [4.78, 5) is 31.1. The Hall–Kier alpha value is -2.84. The summed E-state index contributed by atoms with van der Waals surface area (Å²) in [5.74, 6) is 1.68. The van der Waals surface area contributed by atoms with Crippen LogP contribution < -0.4 is 20.1 Å². The number of aryl methyl sites for hydroxylation is 1. The molecule has 0 saturated carbocycles. The number of amides is 1. The number of morpholine rings is 1.